The van der Waals surface area contributed by atoms with Gasteiger partial charge in [-0.3, -0.25) is 0 Å². The first-order valence-electron chi connectivity index (χ1n) is 7.08. The van der Waals surface area contributed by atoms with Crippen LogP contribution in [0, 0.1) is 5.82 Å². The van der Waals surface area contributed by atoms with Crippen LogP contribution in [0.15, 0.2) is 46.9 Å². The molecule has 4 heteroatoms. The molecule has 0 aromatic heterocycles. The van der Waals surface area contributed by atoms with Crippen LogP contribution >= 0.6 is 15.9 Å². The first kappa shape index (κ1) is 14.5. The van der Waals surface area contributed by atoms with Crippen molar-refractivity contribution in [2.24, 2.45) is 0 Å². The Morgan fingerprint density at radius 3 is 2.90 bits per heavy atom. The van der Waals surface area contributed by atoms with Crippen molar-refractivity contribution in [1.82, 2.24) is 5.32 Å². The van der Waals surface area contributed by atoms with Gasteiger partial charge in [0, 0.05) is 34.1 Å². The van der Waals surface area contributed by atoms with Gasteiger partial charge >= 0.3 is 0 Å². The number of rotatable bonds is 3. The summed E-state index contributed by atoms with van der Waals surface area (Å²) in [6.45, 7) is 2.68. The maximum absolute atomic E-state index is 14.1. The molecule has 110 valence electrons. The van der Waals surface area contributed by atoms with E-state index >= 15 is 0 Å². The highest BCUT2D eigenvalue weighted by Crippen LogP contribution is 2.33. The summed E-state index contributed by atoms with van der Waals surface area (Å²) in [6.07, 6.45) is 0.888. The van der Waals surface area contributed by atoms with E-state index < -0.39 is 0 Å². The quantitative estimate of drug-likeness (QED) is 0.862. The molecule has 0 fully saturated rings. The van der Waals surface area contributed by atoms with Gasteiger partial charge in [-0.05, 0) is 25.1 Å². The highest BCUT2D eigenvalue weighted by molar-refractivity contribution is 9.10. The lowest BCUT2D eigenvalue weighted by Gasteiger charge is -2.29. The number of ether oxygens (including phenoxy) is 1. The smallest absolute Gasteiger partial charge is 0.129 e. The summed E-state index contributed by atoms with van der Waals surface area (Å²) < 4.78 is 20.5. The molecule has 21 heavy (non-hydrogen) atoms. The van der Waals surface area contributed by atoms with Gasteiger partial charge in [0.15, 0.2) is 0 Å². The molecule has 2 unspecified atom stereocenters. The van der Waals surface area contributed by atoms with Gasteiger partial charge in [-0.1, -0.05) is 40.2 Å². The summed E-state index contributed by atoms with van der Waals surface area (Å²) >= 11 is 3.29. The molecule has 1 aliphatic heterocycles. The van der Waals surface area contributed by atoms with E-state index in [-0.39, 0.29) is 17.9 Å². The number of para-hydroxylation sites is 1. The summed E-state index contributed by atoms with van der Waals surface area (Å²) in [4.78, 5) is 0. The number of benzene rings is 2. The molecule has 2 atom stereocenters. The molecule has 1 aliphatic rings. The number of nitrogens with one attached hydrogen (secondary N) is 1. The summed E-state index contributed by atoms with van der Waals surface area (Å²) in [6, 6.07) is 13.3. The maximum atomic E-state index is 14.1. The van der Waals surface area contributed by atoms with Crippen molar-refractivity contribution in [3.63, 3.8) is 0 Å². The predicted molar refractivity (Wildman–Crippen MR) is 84.9 cm³/mol. The largest absolute Gasteiger partial charge is 0.493 e. The van der Waals surface area contributed by atoms with Gasteiger partial charge < -0.3 is 10.1 Å². The van der Waals surface area contributed by atoms with Crippen LogP contribution in [-0.4, -0.2) is 6.61 Å². The molecular formula is C17H17BrFNO. The fourth-order valence-electron chi connectivity index (χ4n) is 2.76. The molecular weight excluding hydrogens is 333 g/mol. The van der Waals surface area contributed by atoms with Crippen molar-refractivity contribution < 1.29 is 9.13 Å². The lowest BCUT2D eigenvalue weighted by molar-refractivity contribution is 0.245. The third kappa shape index (κ3) is 3.11. The second-order valence-electron chi connectivity index (χ2n) is 5.28. The van der Waals surface area contributed by atoms with Gasteiger partial charge in [-0.15, -0.1) is 0 Å². The van der Waals surface area contributed by atoms with E-state index in [1.165, 1.54) is 6.07 Å². The summed E-state index contributed by atoms with van der Waals surface area (Å²) in [7, 11) is 0. The molecule has 0 saturated carbocycles. The first-order chi connectivity index (χ1) is 10.1. The maximum Gasteiger partial charge on any atom is 0.129 e. The average Bonchev–Trinajstić information content (AvgIpc) is 2.47. The summed E-state index contributed by atoms with van der Waals surface area (Å²) in [5.41, 5.74) is 1.83. The SMILES string of the molecule is CC(NC1CCOc2ccccc21)c1ccc(Br)cc1F. The average molecular weight is 350 g/mol. The van der Waals surface area contributed by atoms with E-state index in [0.717, 1.165) is 22.2 Å². The van der Waals surface area contributed by atoms with Gasteiger partial charge in [0.1, 0.15) is 11.6 Å². The number of hydrogen-bond acceptors (Lipinski definition) is 2. The summed E-state index contributed by atoms with van der Waals surface area (Å²) in [5.74, 6) is 0.731. The molecule has 0 bridgehead atoms. The molecule has 0 spiro atoms. The fraction of sp³-hybridized carbons (Fsp3) is 0.294. The minimum Gasteiger partial charge on any atom is -0.493 e. The Labute approximate surface area is 132 Å². The molecule has 2 aromatic rings. The lowest BCUT2D eigenvalue weighted by Crippen LogP contribution is -2.29. The monoisotopic (exact) mass is 349 g/mol. The normalized spacial score (nSPS) is 18.7. The molecule has 0 radical (unpaired) electrons. The number of fused-ring (bicyclic) bond motifs is 1. The van der Waals surface area contributed by atoms with Crippen molar-refractivity contribution in [1.29, 1.82) is 0 Å². The van der Waals surface area contributed by atoms with E-state index in [9.17, 15) is 4.39 Å². The molecule has 0 aliphatic carbocycles. The van der Waals surface area contributed by atoms with Gasteiger partial charge in [0.25, 0.3) is 0 Å². The van der Waals surface area contributed by atoms with E-state index in [4.69, 9.17) is 4.74 Å². The fourth-order valence-corrected chi connectivity index (χ4v) is 3.09. The van der Waals surface area contributed by atoms with Crippen LogP contribution in [0.3, 0.4) is 0 Å². The van der Waals surface area contributed by atoms with Gasteiger partial charge in [-0.2, -0.15) is 0 Å². The zero-order chi connectivity index (χ0) is 14.8. The Kier molecular flexibility index (Phi) is 4.27. The molecule has 1 heterocycles. The van der Waals surface area contributed by atoms with Crippen LogP contribution in [0.4, 0.5) is 4.39 Å². The Bertz CT molecular complexity index is 646. The van der Waals surface area contributed by atoms with Gasteiger partial charge in [0.2, 0.25) is 0 Å². The van der Waals surface area contributed by atoms with Crippen LogP contribution in [0.1, 0.15) is 36.6 Å². The van der Waals surface area contributed by atoms with Gasteiger partial charge in [-0.25, -0.2) is 4.39 Å². The standard InChI is InChI=1S/C17H17BrFNO/c1-11(13-7-6-12(18)10-15(13)19)20-16-8-9-21-17-5-3-2-4-14(16)17/h2-7,10-11,16,20H,8-9H2,1H3. The Morgan fingerprint density at radius 1 is 1.29 bits per heavy atom. The van der Waals surface area contributed by atoms with E-state index in [0.29, 0.717) is 12.2 Å². The number of hydrogen-bond donors (Lipinski definition) is 1. The van der Waals surface area contributed by atoms with Crippen molar-refractivity contribution in [2.45, 2.75) is 25.4 Å². The third-order valence-electron chi connectivity index (χ3n) is 3.84. The molecule has 0 saturated heterocycles. The van der Waals surface area contributed by atoms with Crippen molar-refractivity contribution >= 4 is 15.9 Å². The Balaban J connectivity index is 1.81. The molecule has 2 nitrogen and oxygen atoms in total. The van der Waals surface area contributed by atoms with Crippen molar-refractivity contribution in [3.8, 4) is 5.75 Å². The minimum atomic E-state index is -0.190. The topological polar surface area (TPSA) is 21.3 Å². The Hall–Kier alpha value is -1.39. The second kappa shape index (κ2) is 6.16. The van der Waals surface area contributed by atoms with Crippen molar-refractivity contribution in [3.05, 3.63) is 63.9 Å². The van der Waals surface area contributed by atoms with Crippen LogP contribution in [0.2, 0.25) is 0 Å². The molecule has 2 aromatic carbocycles. The molecule has 3 rings (SSSR count). The Morgan fingerprint density at radius 2 is 2.10 bits per heavy atom. The molecule has 0 amide bonds. The first-order valence-corrected chi connectivity index (χ1v) is 7.87. The van der Waals surface area contributed by atoms with E-state index in [1.54, 1.807) is 0 Å². The van der Waals surface area contributed by atoms with E-state index in [1.807, 2.05) is 37.3 Å². The highest BCUT2D eigenvalue weighted by Gasteiger charge is 2.23. The van der Waals surface area contributed by atoms with Crippen LogP contribution in [0.5, 0.6) is 5.75 Å². The van der Waals surface area contributed by atoms with Gasteiger partial charge in [0.05, 0.1) is 6.61 Å². The number of halogens is 2. The second-order valence-corrected chi connectivity index (χ2v) is 6.20. The van der Waals surface area contributed by atoms with E-state index in [2.05, 4.69) is 27.3 Å². The van der Waals surface area contributed by atoms with Crippen LogP contribution < -0.4 is 10.1 Å². The lowest BCUT2D eigenvalue weighted by atomic mass is 9.98. The minimum absolute atomic E-state index is 0.0609. The van der Waals surface area contributed by atoms with Crippen LogP contribution in [-0.2, 0) is 0 Å². The zero-order valence-electron chi connectivity index (χ0n) is 11.8. The predicted octanol–water partition coefficient (Wildman–Crippen LogP) is 4.76. The third-order valence-corrected chi connectivity index (χ3v) is 4.33. The molecule has 1 N–H and O–H groups in total. The highest BCUT2D eigenvalue weighted by atomic mass is 79.9. The van der Waals surface area contributed by atoms with Crippen molar-refractivity contribution in [2.75, 3.05) is 6.61 Å². The van der Waals surface area contributed by atoms with Crippen LogP contribution in [0.25, 0.3) is 0 Å². The zero-order valence-corrected chi connectivity index (χ0v) is 13.4. The summed E-state index contributed by atoms with van der Waals surface area (Å²) in [5, 5.41) is 3.52.